The molecule has 0 aromatic heterocycles. The van der Waals surface area contributed by atoms with Gasteiger partial charge in [-0.2, -0.15) is 0 Å². The summed E-state index contributed by atoms with van der Waals surface area (Å²) in [5.74, 6) is -0.575. The summed E-state index contributed by atoms with van der Waals surface area (Å²) in [4.78, 5) is 11.3. The fraction of sp³-hybridized carbons (Fsp3) is 0.300. The van der Waals surface area contributed by atoms with E-state index in [4.69, 9.17) is 5.11 Å². The Morgan fingerprint density at radius 1 is 1.40 bits per heavy atom. The van der Waals surface area contributed by atoms with E-state index in [9.17, 15) is 9.90 Å². The molecule has 1 aliphatic rings. The summed E-state index contributed by atoms with van der Waals surface area (Å²) in [6, 6.07) is 9.14. The average molecular weight is 208 g/mol. The van der Waals surface area contributed by atoms with Crippen molar-refractivity contribution in [1.82, 2.24) is 5.43 Å². The number of anilines is 1. The molecule has 0 saturated carbocycles. The van der Waals surface area contributed by atoms with Gasteiger partial charge >= 0.3 is 0 Å². The smallest absolute Gasteiger partial charge is 0.274 e. The standard InChI is InChI=1S/C10H12N2O3/c13-7-10(15)6-12(11-9(10)14)8-4-2-1-3-5-8/h1-5,13,15H,6-7H2,(H,11,14). The lowest BCUT2D eigenvalue weighted by molar-refractivity contribution is -0.137. The second kappa shape index (κ2) is 3.52. The molecule has 3 N–H and O–H groups in total. The minimum absolute atomic E-state index is 0.0480. The largest absolute Gasteiger partial charge is 0.393 e. The molecule has 0 bridgehead atoms. The molecule has 1 atom stereocenters. The highest BCUT2D eigenvalue weighted by atomic mass is 16.3. The van der Waals surface area contributed by atoms with Crippen LogP contribution in [0.5, 0.6) is 0 Å². The Hall–Kier alpha value is -1.59. The zero-order valence-electron chi connectivity index (χ0n) is 8.05. The summed E-state index contributed by atoms with van der Waals surface area (Å²) < 4.78 is 0. The first-order chi connectivity index (χ1) is 7.15. The monoisotopic (exact) mass is 208 g/mol. The van der Waals surface area contributed by atoms with E-state index >= 15 is 0 Å². The maximum atomic E-state index is 11.3. The molecule has 5 nitrogen and oxygen atoms in total. The molecule has 0 spiro atoms. The number of rotatable bonds is 2. The van der Waals surface area contributed by atoms with Crippen LogP contribution in [0.2, 0.25) is 0 Å². The van der Waals surface area contributed by atoms with Crippen LogP contribution in [-0.4, -0.2) is 34.9 Å². The van der Waals surface area contributed by atoms with Crippen molar-refractivity contribution >= 4 is 11.6 Å². The van der Waals surface area contributed by atoms with Crippen LogP contribution >= 0.6 is 0 Å². The lowest BCUT2D eigenvalue weighted by atomic mass is 10.1. The van der Waals surface area contributed by atoms with Crippen molar-refractivity contribution in [2.24, 2.45) is 0 Å². The van der Waals surface area contributed by atoms with Crippen molar-refractivity contribution in [3.05, 3.63) is 30.3 Å². The molecule has 1 heterocycles. The molecule has 1 unspecified atom stereocenters. The van der Waals surface area contributed by atoms with Crippen LogP contribution in [-0.2, 0) is 4.79 Å². The van der Waals surface area contributed by atoms with Gasteiger partial charge in [-0.25, -0.2) is 0 Å². The third-order valence-corrected chi connectivity index (χ3v) is 2.41. The Bertz CT molecular complexity index is 368. The summed E-state index contributed by atoms with van der Waals surface area (Å²) >= 11 is 0. The molecule has 0 aliphatic carbocycles. The van der Waals surface area contributed by atoms with Crippen LogP contribution in [0, 0.1) is 0 Å². The van der Waals surface area contributed by atoms with Crippen molar-refractivity contribution < 1.29 is 15.0 Å². The topological polar surface area (TPSA) is 72.8 Å². The molecule has 1 fully saturated rings. The van der Waals surface area contributed by atoms with E-state index in [0.717, 1.165) is 5.69 Å². The number of hydrogen-bond acceptors (Lipinski definition) is 4. The minimum Gasteiger partial charge on any atom is -0.393 e. The van der Waals surface area contributed by atoms with Gasteiger partial charge in [-0.1, -0.05) is 18.2 Å². The zero-order valence-corrected chi connectivity index (χ0v) is 8.05. The highest BCUT2D eigenvalue weighted by Gasteiger charge is 2.44. The van der Waals surface area contributed by atoms with Crippen LogP contribution in [0.4, 0.5) is 5.69 Å². The van der Waals surface area contributed by atoms with Gasteiger partial charge in [0, 0.05) is 0 Å². The summed E-state index contributed by atoms with van der Waals surface area (Å²) in [5.41, 5.74) is 1.57. The number of hydrazine groups is 1. The predicted octanol–water partition coefficient (Wildman–Crippen LogP) is -0.739. The zero-order chi connectivity index (χ0) is 10.9. The number of β-amino-alcohol motifs (C(OH)–C–C–N with tert-alkyl or cyclic N) is 1. The van der Waals surface area contributed by atoms with Crippen molar-refractivity contribution in [3.63, 3.8) is 0 Å². The number of carbonyl (C=O) groups is 1. The van der Waals surface area contributed by atoms with Gasteiger partial charge in [0.05, 0.1) is 18.8 Å². The van der Waals surface area contributed by atoms with Gasteiger partial charge in [0.15, 0.2) is 5.60 Å². The molecule has 1 aliphatic heterocycles. The number of nitrogens with zero attached hydrogens (tertiary/aromatic N) is 1. The van der Waals surface area contributed by atoms with Crippen molar-refractivity contribution in [2.45, 2.75) is 5.60 Å². The van der Waals surface area contributed by atoms with Crippen LogP contribution < -0.4 is 10.4 Å². The highest BCUT2D eigenvalue weighted by molar-refractivity contribution is 5.90. The molecule has 1 aromatic carbocycles. The third-order valence-electron chi connectivity index (χ3n) is 2.41. The van der Waals surface area contributed by atoms with E-state index in [0.29, 0.717) is 0 Å². The number of aliphatic hydroxyl groups excluding tert-OH is 1. The Morgan fingerprint density at radius 2 is 2.07 bits per heavy atom. The number of nitrogens with one attached hydrogen (secondary N) is 1. The van der Waals surface area contributed by atoms with Gasteiger partial charge in [-0.15, -0.1) is 0 Å². The maximum Gasteiger partial charge on any atom is 0.274 e. The number of hydrogen-bond donors (Lipinski definition) is 3. The minimum atomic E-state index is -1.70. The van der Waals surface area contributed by atoms with Gasteiger partial charge in [0.2, 0.25) is 0 Å². The van der Waals surface area contributed by atoms with Crippen LogP contribution in [0.25, 0.3) is 0 Å². The average Bonchev–Trinajstić information content (AvgIpc) is 2.58. The summed E-state index contributed by atoms with van der Waals surface area (Å²) in [6.07, 6.45) is 0. The number of amides is 1. The second-order valence-corrected chi connectivity index (χ2v) is 3.55. The summed E-state index contributed by atoms with van der Waals surface area (Å²) in [7, 11) is 0. The quantitative estimate of drug-likeness (QED) is 0.598. The Balaban J connectivity index is 2.20. The third kappa shape index (κ3) is 1.67. The first-order valence-corrected chi connectivity index (χ1v) is 4.63. The van der Waals surface area contributed by atoms with Crippen molar-refractivity contribution in [1.29, 1.82) is 0 Å². The normalized spacial score (nSPS) is 25.5. The highest BCUT2D eigenvalue weighted by Crippen LogP contribution is 2.20. The van der Waals surface area contributed by atoms with E-state index in [1.165, 1.54) is 5.01 Å². The lowest BCUT2D eigenvalue weighted by Crippen LogP contribution is -2.43. The molecular formula is C10H12N2O3. The number of carbonyl (C=O) groups excluding carboxylic acids is 1. The fourth-order valence-electron chi connectivity index (χ4n) is 1.49. The summed E-state index contributed by atoms with van der Waals surface area (Å²) in [5, 5.41) is 20.1. The molecule has 15 heavy (non-hydrogen) atoms. The number of aliphatic hydroxyl groups is 2. The fourth-order valence-corrected chi connectivity index (χ4v) is 1.49. The SMILES string of the molecule is O=C1NN(c2ccccc2)CC1(O)CO. The van der Waals surface area contributed by atoms with Gasteiger partial charge in [-0.05, 0) is 12.1 Å². The molecular weight excluding hydrogens is 196 g/mol. The first kappa shape index (κ1) is 9.95. The maximum absolute atomic E-state index is 11.3. The Labute approximate surface area is 86.9 Å². The van der Waals surface area contributed by atoms with Crippen LogP contribution in [0.1, 0.15) is 0 Å². The van der Waals surface area contributed by atoms with E-state index in [1.807, 2.05) is 30.3 Å². The Kier molecular flexibility index (Phi) is 2.34. The molecule has 1 aromatic rings. The molecule has 5 heteroatoms. The van der Waals surface area contributed by atoms with Gasteiger partial charge < -0.3 is 10.2 Å². The molecule has 80 valence electrons. The predicted molar refractivity (Wildman–Crippen MR) is 54.0 cm³/mol. The lowest BCUT2D eigenvalue weighted by Gasteiger charge is -2.18. The Morgan fingerprint density at radius 3 is 2.60 bits per heavy atom. The van der Waals surface area contributed by atoms with Gasteiger partial charge in [0.1, 0.15) is 0 Å². The summed E-state index contributed by atoms with van der Waals surface area (Å²) in [6.45, 7) is -0.533. The number of benzene rings is 1. The second-order valence-electron chi connectivity index (χ2n) is 3.55. The van der Waals surface area contributed by atoms with Crippen LogP contribution in [0.3, 0.4) is 0 Å². The van der Waals surface area contributed by atoms with E-state index < -0.39 is 18.1 Å². The molecule has 1 saturated heterocycles. The van der Waals surface area contributed by atoms with Gasteiger partial charge in [-0.3, -0.25) is 15.2 Å². The molecule has 1 amide bonds. The van der Waals surface area contributed by atoms with E-state index in [2.05, 4.69) is 5.43 Å². The number of para-hydroxylation sites is 1. The van der Waals surface area contributed by atoms with Gasteiger partial charge in [0.25, 0.3) is 5.91 Å². The van der Waals surface area contributed by atoms with E-state index in [-0.39, 0.29) is 6.54 Å². The molecule has 0 radical (unpaired) electrons. The van der Waals surface area contributed by atoms with Crippen molar-refractivity contribution in [3.8, 4) is 0 Å². The van der Waals surface area contributed by atoms with E-state index in [1.54, 1.807) is 0 Å². The van der Waals surface area contributed by atoms with Crippen LogP contribution in [0.15, 0.2) is 30.3 Å². The first-order valence-electron chi connectivity index (χ1n) is 4.63. The molecule has 2 rings (SSSR count). The van der Waals surface area contributed by atoms with Crippen molar-refractivity contribution in [2.75, 3.05) is 18.2 Å².